The van der Waals surface area contributed by atoms with Crippen LogP contribution in [0, 0.1) is 0 Å². The highest BCUT2D eigenvalue weighted by atomic mass is 28.1. The molecule has 0 radical (unpaired) electrons. The molecular weight excluding hydrogens is 588 g/mol. The van der Waals surface area contributed by atoms with E-state index in [1.165, 1.54) is 41.5 Å². The van der Waals surface area contributed by atoms with Crippen molar-refractivity contribution in [1.82, 2.24) is 0 Å². The van der Waals surface area contributed by atoms with Crippen LogP contribution >= 0.6 is 0 Å². The summed E-state index contributed by atoms with van der Waals surface area (Å²) in [7, 11) is -0.695. The Balaban J connectivity index is 4.44. The molecule has 1 aliphatic rings. The van der Waals surface area contributed by atoms with Crippen LogP contribution in [0.1, 0.15) is 41.5 Å². The molecule has 0 amide bonds. The Morgan fingerprint density at radius 2 is 0.821 bits per heavy atom. The summed E-state index contributed by atoms with van der Waals surface area (Å²) in [6, 6.07) is 0. The molecule has 4 atom stereocenters. The second-order valence-corrected chi connectivity index (χ2v) is 10.4. The average molecular weight is 627 g/mol. The quantitative estimate of drug-likeness (QED) is 0.147. The SMILES string of the molecule is CCOC([SiH3])C(OCC)(OCC)C1(F)OC(C(F)(F)F)(C(F)(F)F)OC1(F)C(OCC)(OCC)C([SiH3])OCC. The highest BCUT2D eigenvalue weighted by molar-refractivity contribution is 6.12. The van der Waals surface area contributed by atoms with Crippen molar-refractivity contribution in [2.75, 3.05) is 39.6 Å². The summed E-state index contributed by atoms with van der Waals surface area (Å²) in [5.41, 5.74) is -3.46. The van der Waals surface area contributed by atoms with E-state index in [0.29, 0.717) is 0 Å². The minimum Gasteiger partial charge on any atom is -0.377 e. The fourth-order valence-electron chi connectivity index (χ4n) is 4.55. The van der Waals surface area contributed by atoms with Gasteiger partial charge in [0.05, 0.1) is 11.5 Å². The number of alkyl halides is 8. The third kappa shape index (κ3) is 5.79. The van der Waals surface area contributed by atoms with Crippen LogP contribution in [0.15, 0.2) is 0 Å². The third-order valence-corrected chi connectivity index (χ3v) is 8.15. The molecule has 0 bridgehead atoms. The zero-order chi connectivity index (χ0) is 30.6. The van der Waals surface area contributed by atoms with Gasteiger partial charge in [-0.05, 0) is 41.5 Å². The first-order valence-corrected chi connectivity index (χ1v) is 14.9. The summed E-state index contributed by atoms with van der Waals surface area (Å²) in [4.78, 5) is 0. The second-order valence-electron chi connectivity index (χ2n) is 8.27. The van der Waals surface area contributed by atoms with Crippen LogP contribution in [-0.4, -0.2) is 113 Å². The zero-order valence-corrected chi connectivity index (χ0v) is 27.2. The van der Waals surface area contributed by atoms with Crippen molar-refractivity contribution in [3.05, 3.63) is 0 Å². The first-order valence-electron chi connectivity index (χ1n) is 12.6. The van der Waals surface area contributed by atoms with Gasteiger partial charge in [0, 0.05) is 60.1 Å². The molecule has 1 aliphatic heterocycles. The van der Waals surface area contributed by atoms with Crippen molar-refractivity contribution in [1.29, 1.82) is 0 Å². The van der Waals surface area contributed by atoms with Gasteiger partial charge in [0.2, 0.25) is 0 Å². The number of hydrogen-bond donors (Lipinski definition) is 0. The average Bonchev–Trinajstić information content (AvgIpc) is 3.09. The largest absolute Gasteiger partial charge is 0.453 e. The summed E-state index contributed by atoms with van der Waals surface area (Å²) < 4.78 is 162. The van der Waals surface area contributed by atoms with Gasteiger partial charge < -0.3 is 28.4 Å². The molecule has 234 valence electrons. The Morgan fingerprint density at radius 3 is 1.00 bits per heavy atom. The Kier molecular flexibility index (Phi) is 12.4. The lowest BCUT2D eigenvalue weighted by Gasteiger charge is -2.53. The van der Waals surface area contributed by atoms with Gasteiger partial charge in [-0.25, -0.2) is 0 Å². The monoisotopic (exact) mass is 626 g/mol. The maximum absolute atomic E-state index is 17.7. The maximum Gasteiger partial charge on any atom is 0.453 e. The Bertz CT molecular complexity index is 703. The lowest BCUT2D eigenvalue weighted by molar-refractivity contribution is -0.475. The van der Waals surface area contributed by atoms with Crippen LogP contribution < -0.4 is 0 Å². The van der Waals surface area contributed by atoms with Crippen molar-refractivity contribution < 1.29 is 73.0 Å². The standard InChI is InChI=1S/C21H38F8O8Si2/c1-7-30-13(38)15(32-9-3,33-10-4)17(22)18(23,16(34-11-5,35-12-6)14(39)31-8-2)37-19(36-17,20(24,25)26)21(27,28)29/h13-14H,7-12H2,1-6,38-39H3. The highest BCUT2D eigenvalue weighted by Gasteiger charge is 2.95. The number of ether oxygens (including phenoxy) is 8. The Labute approximate surface area is 228 Å². The minimum absolute atomic E-state index is 0.222. The predicted molar refractivity (Wildman–Crippen MR) is 127 cm³/mol. The van der Waals surface area contributed by atoms with Crippen LogP contribution in [0.3, 0.4) is 0 Å². The molecule has 8 nitrogen and oxygen atoms in total. The fraction of sp³-hybridized carbons (Fsp3) is 1.00. The Hall–Kier alpha value is -0.446. The molecule has 18 heteroatoms. The molecule has 4 unspecified atom stereocenters. The topological polar surface area (TPSA) is 73.8 Å². The lowest BCUT2D eigenvalue weighted by atomic mass is 9.91. The van der Waals surface area contributed by atoms with Crippen LogP contribution in [0.2, 0.25) is 0 Å². The molecule has 1 fully saturated rings. The van der Waals surface area contributed by atoms with Gasteiger partial charge in [0.15, 0.2) is 0 Å². The van der Waals surface area contributed by atoms with Crippen LogP contribution in [0.25, 0.3) is 0 Å². The molecule has 0 N–H and O–H groups in total. The van der Waals surface area contributed by atoms with Crippen molar-refractivity contribution in [2.45, 2.75) is 94.4 Å². The summed E-state index contributed by atoms with van der Waals surface area (Å²) in [6.07, 6.45) is -13.1. The Morgan fingerprint density at radius 1 is 0.564 bits per heavy atom. The van der Waals surface area contributed by atoms with Gasteiger partial charge >= 0.3 is 29.8 Å². The van der Waals surface area contributed by atoms with Crippen LogP contribution in [0.4, 0.5) is 35.1 Å². The summed E-state index contributed by atoms with van der Waals surface area (Å²) >= 11 is 0. The number of hydrogen-bond acceptors (Lipinski definition) is 8. The highest BCUT2D eigenvalue weighted by Crippen LogP contribution is 2.66. The normalized spacial score (nSPS) is 26.3. The first kappa shape index (κ1) is 36.6. The molecule has 1 saturated heterocycles. The molecule has 0 aromatic heterocycles. The first-order chi connectivity index (χ1) is 17.9. The van der Waals surface area contributed by atoms with Gasteiger partial charge in [0.25, 0.3) is 11.6 Å². The summed E-state index contributed by atoms with van der Waals surface area (Å²) in [6.45, 7) is 5.03. The summed E-state index contributed by atoms with van der Waals surface area (Å²) in [5, 5.41) is 0. The predicted octanol–water partition coefficient (Wildman–Crippen LogP) is 2.18. The van der Waals surface area contributed by atoms with E-state index in [1.54, 1.807) is 0 Å². The van der Waals surface area contributed by atoms with E-state index in [2.05, 4.69) is 9.47 Å². The van der Waals surface area contributed by atoms with E-state index >= 15 is 8.78 Å². The smallest absolute Gasteiger partial charge is 0.377 e. The van der Waals surface area contributed by atoms with Gasteiger partial charge in [-0.3, -0.25) is 9.47 Å². The fourth-order valence-corrected chi connectivity index (χ4v) is 6.63. The van der Waals surface area contributed by atoms with E-state index in [-0.39, 0.29) is 33.7 Å². The van der Waals surface area contributed by atoms with Gasteiger partial charge in [-0.2, -0.15) is 35.1 Å². The van der Waals surface area contributed by atoms with Crippen LogP contribution in [-0.2, 0) is 37.9 Å². The molecular formula is C21H38F8O8Si2. The minimum atomic E-state index is -6.57. The second kappa shape index (κ2) is 13.2. The van der Waals surface area contributed by atoms with Crippen molar-refractivity contribution in [2.24, 2.45) is 0 Å². The summed E-state index contributed by atoms with van der Waals surface area (Å²) in [5.74, 6) is -22.3. The van der Waals surface area contributed by atoms with E-state index < -0.39 is 79.3 Å². The van der Waals surface area contributed by atoms with E-state index in [0.717, 1.165) is 0 Å². The molecule has 0 aromatic rings. The molecule has 1 rings (SSSR count). The van der Waals surface area contributed by atoms with E-state index in [1.807, 2.05) is 0 Å². The molecule has 0 saturated carbocycles. The van der Waals surface area contributed by atoms with Gasteiger partial charge in [-0.15, -0.1) is 0 Å². The zero-order valence-electron chi connectivity index (χ0n) is 23.2. The van der Waals surface area contributed by atoms with Crippen LogP contribution in [0.5, 0.6) is 0 Å². The van der Waals surface area contributed by atoms with E-state index in [4.69, 9.17) is 28.4 Å². The van der Waals surface area contributed by atoms with Gasteiger partial charge in [0.1, 0.15) is 0 Å². The van der Waals surface area contributed by atoms with Gasteiger partial charge in [-0.1, -0.05) is 0 Å². The molecule has 1 heterocycles. The number of rotatable bonds is 16. The van der Waals surface area contributed by atoms with Crippen molar-refractivity contribution in [3.63, 3.8) is 0 Å². The van der Waals surface area contributed by atoms with E-state index in [9.17, 15) is 26.3 Å². The molecule has 0 aromatic carbocycles. The molecule has 0 spiro atoms. The maximum atomic E-state index is 17.7. The van der Waals surface area contributed by atoms with Crippen molar-refractivity contribution >= 4 is 20.5 Å². The number of halogens is 8. The lowest BCUT2D eigenvalue weighted by Crippen LogP contribution is -2.78. The third-order valence-electron chi connectivity index (χ3n) is 5.96. The molecule has 39 heavy (non-hydrogen) atoms. The molecule has 0 aliphatic carbocycles. The van der Waals surface area contributed by atoms with Crippen molar-refractivity contribution in [3.8, 4) is 0 Å².